The number of thiazole rings is 1. The van der Waals surface area contributed by atoms with Crippen molar-refractivity contribution in [2.24, 2.45) is 0 Å². The molecule has 0 spiro atoms. The van der Waals surface area contributed by atoms with Crippen LogP contribution in [0.15, 0.2) is 29.6 Å². The van der Waals surface area contributed by atoms with Gasteiger partial charge in [-0.05, 0) is 24.3 Å². The lowest BCUT2D eigenvalue weighted by atomic mass is 10.2. The molecule has 1 aromatic carbocycles. The van der Waals surface area contributed by atoms with Crippen molar-refractivity contribution in [2.45, 2.75) is 20.0 Å². The van der Waals surface area contributed by atoms with Crippen LogP contribution in [-0.4, -0.2) is 30.5 Å². The summed E-state index contributed by atoms with van der Waals surface area (Å²) in [5.41, 5.74) is 1.69. The summed E-state index contributed by atoms with van der Waals surface area (Å²) in [7, 11) is 1.62. The van der Waals surface area contributed by atoms with E-state index < -0.39 is 0 Å². The van der Waals surface area contributed by atoms with Crippen LogP contribution < -0.4 is 10.1 Å². The number of benzene rings is 1. The third-order valence-electron chi connectivity index (χ3n) is 2.97. The number of nitrogens with zero attached hydrogens (tertiary/aromatic N) is 1. The second-order valence-electron chi connectivity index (χ2n) is 4.77. The Balaban J connectivity index is 1.84. The van der Waals surface area contributed by atoms with Crippen LogP contribution in [0.3, 0.4) is 0 Å². The van der Waals surface area contributed by atoms with Gasteiger partial charge in [-0.25, -0.2) is 4.98 Å². The van der Waals surface area contributed by atoms with Gasteiger partial charge in [-0.15, -0.1) is 11.3 Å². The number of carbonyl (C=O) groups excluding carboxylic acids is 2. The smallest absolute Gasteiger partial charge is 0.307 e. The van der Waals surface area contributed by atoms with E-state index in [9.17, 15) is 9.59 Å². The van der Waals surface area contributed by atoms with E-state index in [1.165, 1.54) is 18.3 Å². The minimum Gasteiger partial charge on any atom is -0.497 e. The number of methoxy groups -OCH3 is 1. The van der Waals surface area contributed by atoms with Gasteiger partial charge < -0.3 is 14.8 Å². The van der Waals surface area contributed by atoms with Crippen molar-refractivity contribution in [3.63, 3.8) is 0 Å². The molecule has 0 unspecified atom stereocenters. The number of carbonyl (C=O) groups is 2. The summed E-state index contributed by atoms with van der Waals surface area (Å²) in [6.07, 6.45) is 0.148. The van der Waals surface area contributed by atoms with Gasteiger partial charge in [-0.3, -0.25) is 9.59 Å². The number of nitrogens with one attached hydrogen (secondary N) is 1. The summed E-state index contributed by atoms with van der Waals surface area (Å²) in [5.74, 6) is 0.262. The van der Waals surface area contributed by atoms with E-state index in [0.717, 1.165) is 16.3 Å². The van der Waals surface area contributed by atoms with Crippen LogP contribution >= 0.6 is 11.3 Å². The van der Waals surface area contributed by atoms with Crippen LogP contribution in [-0.2, 0) is 20.9 Å². The van der Waals surface area contributed by atoms with Crippen molar-refractivity contribution in [2.75, 3.05) is 13.7 Å². The lowest BCUT2D eigenvalue weighted by Gasteiger charge is -2.03. The quantitative estimate of drug-likeness (QED) is 0.787. The molecule has 0 saturated heterocycles. The van der Waals surface area contributed by atoms with Crippen LogP contribution in [0.2, 0.25) is 0 Å². The van der Waals surface area contributed by atoms with Crippen molar-refractivity contribution in [1.82, 2.24) is 10.3 Å². The molecule has 1 amide bonds. The van der Waals surface area contributed by atoms with E-state index in [1.54, 1.807) is 7.11 Å². The second-order valence-corrected chi connectivity index (χ2v) is 5.62. The Bertz CT molecular complexity index is 667. The molecule has 2 rings (SSSR count). The number of amides is 1. The predicted molar refractivity (Wildman–Crippen MR) is 87.2 cm³/mol. The molecule has 0 aliphatic carbocycles. The van der Waals surface area contributed by atoms with E-state index in [-0.39, 0.29) is 31.4 Å². The molecule has 1 N–H and O–H groups in total. The molecule has 23 heavy (non-hydrogen) atoms. The fraction of sp³-hybridized carbons (Fsp3) is 0.312. The number of hydrogen-bond acceptors (Lipinski definition) is 6. The molecule has 7 heteroatoms. The molecular weight excluding hydrogens is 316 g/mol. The molecule has 0 bridgehead atoms. The van der Waals surface area contributed by atoms with Gasteiger partial charge in [-0.2, -0.15) is 0 Å². The molecule has 122 valence electrons. The Morgan fingerprint density at radius 3 is 2.65 bits per heavy atom. The van der Waals surface area contributed by atoms with Crippen LogP contribution in [0.4, 0.5) is 0 Å². The van der Waals surface area contributed by atoms with Crippen molar-refractivity contribution in [3.8, 4) is 16.3 Å². The lowest BCUT2D eigenvalue weighted by molar-refractivity contribution is -0.144. The van der Waals surface area contributed by atoms with Gasteiger partial charge in [0.1, 0.15) is 17.4 Å². The summed E-state index contributed by atoms with van der Waals surface area (Å²) in [6, 6.07) is 7.61. The van der Waals surface area contributed by atoms with Gasteiger partial charge in [0, 0.05) is 24.4 Å². The normalized spacial score (nSPS) is 10.2. The summed E-state index contributed by atoms with van der Waals surface area (Å²) >= 11 is 1.49. The van der Waals surface area contributed by atoms with E-state index >= 15 is 0 Å². The van der Waals surface area contributed by atoms with Crippen molar-refractivity contribution in [1.29, 1.82) is 0 Å². The zero-order valence-electron chi connectivity index (χ0n) is 13.0. The molecule has 2 aromatic rings. The van der Waals surface area contributed by atoms with Crippen LogP contribution in [0.1, 0.15) is 19.0 Å². The van der Waals surface area contributed by atoms with Gasteiger partial charge in [0.15, 0.2) is 0 Å². The van der Waals surface area contributed by atoms with Gasteiger partial charge in [0.2, 0.25) is 5.91 Å². The van der Waals surface area contributed by atoms with Crippen molar-refractivity contribution < 1.29 is 19.1 Å². The van der Waals surface area contributed by atoms with E-state index in [1.807, 2.05) is 29.6 Å². The number of esters is 1. The molecule has 0 aliphatic rings. The Labute approximate surface area is 138 Å². The Morgan fingerprint density at radius 1 is 1.26 bits per heavy atom. The lowest BCUT2D eigenvalue weighted by Crippen LogP contribution is -2.23. The molecule has 0 atom stereocenters. The zero-order chi connectivity index (χ0) is 16.7. The highest BCUT2D eigenvalue weighted by Crippen LogP contribution is 2.25. The maximum Gasteiger partial charge on any atom is 0.307 e. The second kappa shape index (κ2) is 8.28. The minimum atomic E-state index is -0.363. The molecule has 6 nitrogen and oxygen atoms in total. The Kier molecular flexibility index (Phi) is 6.10. The van der Waals surface area contributed by atoms with Crippen LogP contribution in [0, 0.1) is 0 Å². The summed E-state index contributed by atoms with van der Waals surface area (Å²) < 4.78 is 10.3. The zero-order valence-corrected chi connectivity index (χ0v) is 13.8. The fourth-order valence-electron chi connectivity index (χ4n) is 1.81. The molecule has 0 fully saturated rings. The molecule has 0 aliphatic heterocycles. The van der Waals surface area contributed by atoms with Gasteiger partial charge in [0.25, 0.3) is 0 Å². The maximum absolute atomic E-state index is 11.5. The number of rotatable bonds is 7. The number of hydrogen-bond donors (Lipinski definition) is 1. The highest BCUT2D eigenvalue weighted by Gasteiger charge is 2.08. The first kappa shape index (κ1) is 17.0. The summed E-state index contributed by atoms with van der Waals surface area (Å²) in [5, 5.41) is 5.27. The molecule has 1 heterocycles. The largest absolute Gasteiger partial charge is 0.497 e. The average Bonchev–Trinajstić information content (AvgIpc) is 3.01. The SMILES string of the molecule is COc1ccc(-c2nc(COC(=O)CCNC(C)=O)cs2)cc1. The molecule has 0 radical (unpaired) electrons. The fourth-order valence-corrected chi connectivity index (χ4v) is 2.62. The summed E-state index contributed by atoms with van der Waals surface area (Å²) in [6.45, 7) is 1.81. The Morgan fingerprint density at radius 2 is 2.00 bits per heavy atom. The van der Waals surface area contributed by atoms with Crippen molar-refractivity contribution >= 4 is 23.2 Å². The summed E-state index contributed by atoms with van der Waals surface area (Å²) in [4.78, 5) is 26.7. The maximum atomic E-state index is 11.5. The molecule has 1 aromatic heterocycles. The van der Waals surface area contributed by atoms with Crippen LogP contribution in [0.5, 0.6) is 5.75 Å². The van der Waals surface area contributed by atoms with E-state index in [0.29, 0.717) is 5.69 Å². The highest BCUT2D eigenvalue weighted by atomic mass is 32.1. The van der Waals surface area contributed by atoms with E-state index in [4.69, 9.17) is 9.47 Å². The third kappa shape index (κ3) is 5.37. The molecule has 0 saturated carbocycles. The average molecular weight is 334 g/mol. The van der Waals surface area contributed by atoms with Gasteiger partial charge >= 0.3 is 5.97 Å². The van der Waals surface area contributed by atoms with Gasteiger partial charge in [0.05, 0.1) is 19.2 Å². The number of ether oxygens (including phenoxy) is 2. The van der Waals surface area contributed by atoms with Gasteiger partial charge in [-0.1, -0.05) is 0 Å². The standard InChI is InChI=1S/C16H18N2O4S/c1-11(19)17-8-7-15(20)22-9-13-10-23-16(18-13)12-3-5-14(21-2)6-4-12/h3-6,10H,7-9H2,1-2H3,(H,17,19). The highest BCUT2D eigenvalue weighted by molar-refractivity contribution is 7.13. The van der Waals surface area contributed by atoms with Crippen molar-refractivity contribution in [3.05, 3.63) is 35.3 Å². The Hall–Kier alpha value is -2.41. The predicted octanol–water partition coefficient (Wildman–Crippen LogP) is 2.39. The first-order chi connectivity index (χ1) is 11.1. The first-order valence-electron chi connectivity index (χ1n) is 7.07. The first-order valence-corrected chi connectivity index (χ1v) is 7.95. The number of aromatic nitrogens is 1. The third-order valence-corrected chi connectivity index (χ3v) is 3.91. The van der Waals surface area contributed by atoms with E-state index in [2.05, 4.69) is 10.3 Å². The topological polar surface area (TPSA) is 77.5 Å². The van der Waals surface area contributed by atoms with Crippen LogP contribution in [0.25, 0.3) is 10.6 Å². The molecular formula is C16H18N2O4S. The monoisotopic (exact) mass is 334 g/mol. The minimum absolute atomic E-state index is 0.131.